The number of nitrogens with two attached hydrogens (primary N) is 1. The molecular formula is C17H18N2O3. The smallest absolute Gasteiger partial charge is 0.340 e. The van der Waals surface area contributed by atoms with E-state index in [4.69, 9.17) is 10.5 Å². The average Bonchev–Trinajstić information content (AvgIpc) is 2.54. The van der Waals surface area contributed by atoms with E-state index in [1.807, 2.05) is 30.3 Å². The highest BCUT2D eigenvalue weighted by Crippen LogP contribution is 2.11. The molecule has 0 bridgehead atoms. The van der Waals surface area contributed by atoms with Crippen LogP contribution in [-0.2, 0) is 16.0 Å². The zero-order chi connectivity index (χ0) is 15.8. The second kappa shape index (κ2) is 7.83. The van der Waals surface area contributed by atoms with Gasteiger partial charge < -0.3 is 15.8 Å². The number of carbonyl (C=O) groups is 2. The molecule has 0 atom stereocenters. The quantitative estimate of drug-likeness (QED) is 0.629. The summed E-state index contributed by atoms with van der Waals surface area (Å²) >= 11 is 0. The monoisotopic (exact) mass is 298 g/mol. The first-order valence-corrected chi connectivity index (χ1v) is 6.99. The molecule has 0 spiro atoms. The van der Waals surface area contributed by atoms with Gasteiger partial charge >= 0.3 is 5.97 Å². The minimum Gasteiger partial charge on any atom is -0.452 e. The van der Waals surface area contributed by atoms with Crippen LogP contribution >= 0.6 is 0 Å². The van der Waals surface area contributed by atoms with Crippen LogP contribution < -0.4 is 11.1 Å². The molecule has 3 N–H and O–H groups in total. The minimum atomic E-state index is -0.601. The van der Waals surface area contributed by atoms with Gasteiger partial charge in [0, 0.05) is 12.2 Å². The van der Waals surface area contributed by atoms with Gasteiger partial charge in [-0.2, -0.15) is 0 Å². The number of amides is 1. The van der Waals surface area contributed by atoms with E-state index >= 15 is 0 Å². The first-order chi connectivity index (χ1) is 10.7. The average molecular weight is 298 g/mol. The van der Waals surface area contributed by atoms with Gasteiger partial charge in [-0.1, -0.05) is 42.5 Å². The number of hydrogen-bond donors (Lipinski definition) is 2. The highest BCUT2D eigenvalue weighted by molar-refractivity contribution is 5.96. The molecule has 0 heterocycles. The normalized spacial score (nSPS) is 10.0. The third-order valence-corrected chi connectivity index (χ3v) is 3.09. The van der Waals surface area contributed by atoms with Crippen molar-refractivity contribution >= 4 is 17.6 Å². The van der Waals surface area contributed by atoms with Gasteiger partial charge in [-0.3, -0.25) is 4.79 Å². The lowest BCUT2D eigenvalue weighted by Crippen LogP contribution is -2.30. The number of rotatable bonds is 6. The molecule has 0 unspecified atom stereocenters. The summed E-state index contributed by atoms with van der Waals surface area (Å²) in [5.74, 6) is -0.935. The maximum absolute atomic E-state index is 11.8. The summed E-state index contributed by atoms with van der Waals surface area (Å²) < 4.78 is 4.94. The molecule has 2 aromatic carbocycles. The fraction of sp³-hybridized carbons (Fsp3) is 0.176. The zero-order valence-electron chi connectivity index (χ0n) is 12.1. The summed E-state index contributed by atoms with van der Waals surface area (Å²) in [6.07, 6.45) is 0.728. The number of hydrogen-bond acceptors (Lipinski definition) is 4. The van der Waals surface area contributed by atoms with Crippen LogP contribution in [0.4, 0.5) is 5.69 Å². The molecule has 0 saturated heterocycles. The Bertz CT molecular complexity index is 641. The molecule has 0 radical (unpaired) electrons. The fourth-order valence-corrected chi connectivity index (χ4v) is 1.93. The molecule has 0 aromatic heterocycles. The highest BCUT2D eigenvalue weighted by atomic mass is 16.5. The van der Waals surface area contributed by atoms with E-state index in [2.05, 4.69) is 5.32 Å². The van der Waals surface area contributed by atoms with Crippen LogP contribution in [0.2, 0.25) is 0 Å². The lowest BCUT2D eigenvalue weighted by molar-refractivity contribution is -0.124. The van der Waals surface area contributed by atoms with Gasteiger partial charge in [0.25, 0.3) is 5.91 Å². The van der Waals surface area contributed by atoms with Crippen molar-refractivity contribution in [1.82, 2.24) is 5.32 Å². The number of anilines is 1. The standard InChI is InChI=1S/C17H18N2O3/c18-15-9-5-4-8-14(15)17(21)22-12-16(20)19-11-10-13-6-2-1-3-7-13/h1-9H,10-12,18H2,(H,19,20). The van der Waals surface area contributed by atoms with E-state index in [9.17, 15) is 9.59 Å². The van der Waals surface area contributed by atoms with E-state index in [1.54, 1.807) is 24.3 Å². The summed E-state index contributed by atoms with van der Waals surface area (Å²) in [5, 5.41) is 2.71. The van der Waals surface area contributed by atoms with Crippen molar-refractivity contribution < 1.29 is 14.3 Å². The van der Waals surface area contributed by atoms with Gasteiger partial charge in [0.1, 0.15) is 0 Å². The van der Waals surface area contributed by atoms with E-state index in [0.29, 0.717) is 12.2 Å². The maximum atomic E-state index is 11.8. The lowest BCUT2D eigenvalue weighted by atomic mass is 10.1. The van der Waals surface area contributed by atoms with Crippen molar-refractivity contribution in [2.45, 2.75) is 6.42 Å². The molecule has 0 aliphatic heterocycles. The van der Waals surface area contributed by atoms with E-state index < -0.39 is 5.97 Å². The van der Waals surface area contributed by atoms with Gasteiger partial charge in [0.2, 0.25) is 0 Å². The third kappa shape index (κ3) is 4.63. The molecule has 5 nitrogen and oxygen atoms in total. The molecule has 0 aliphatic rings. The molecule has 114 valence electrons. The number of ether oxygens (including phenoxy) is 1. The van der Waals surface area contributed by atoms with Crippen molar-refractivity contribution in [2.24, 2.45) is 0 Å². The molecule has 0 aliphatic carbocycles. The van der Waals surface area contributed by atoms with Crippen LogP contribution in [0.3, 0.4) is 0 Å². The Kier molecular flexibility index (Phi) is 5.54. The molecule has 2 aromatic rings. The van der Waals surface area contributed by atoms with Crippen molar-refractivity contribution in [3.05, 3.63) is 65.7 Å². The first kappa shape index (κ1) is 15.6. The summed E-state index contributed by atoms with van der Waals surface area (Å²) in [4.78, 5) is 23.4. The van der Waals surface area contributed by atoms with Crippen LogP contribution in [0.15, 0.2) is 54.6 Å². The second-order valence-corrected chi connectivity index (χ2v) is 4.75. The maximum Gasteiger partial charge on any atom is 0.340 e. The number of esters is 1. The largest absolute Gasteiger partial charge is 0.452 e. The third-order valence-electron chi connectivity index (χ3n) is 3.09. The fourth-order valence-electron chi connectivity index (χ4n) is 1.93. The van der Waals surface area contributed by atoms with E-state index in [1.165, 1.54) is 0 Å². The highest BCUT2D eigenvalue weighted by Gasteiger charge is 2.12. The summed E-state index contributed by atoms with van der Waals surface area (Å²) in [6, 6.07) is 16.4. The first-order valence-electron chi connectivity index (χ1n) is 6.99. The molecule has 0 fully saturated rings. The van der Waals surface area contributed by atoms with Crippen molar-refractivity contribution in [3.63, 3.8) is 0 Å². The van der Waals surface area contributed by atoms with Crippen LogP contribution in [0, 0.1) is 0 Å². The summed E-state index contributed by atoms with van der Waals surface area (Å²) in [6.45, 7) is 0.176. The molecule has 0 saturated carbocycles. The van der Waals surface area contributed by atoms with Crippen molar-refractivity contribution in [2.75, 3.05) is 18.9 Å². The van der Waals surface area contributed by atoms with E-state index in [0.717, 1.165) is 12.0 Å². The lowest BCUT2D eigenvalue weighted by Gasteiger charge is -2.08. The Morgan fingerprint density at radius 3 is 2.41 bits per heavy atom. The van der Waals surface area contributed by atoms with Crippen molar-refractivity contribution in [1.29, 1.82) is 0 Å². The van der Waals surface area contributed by atoms with E-state index in [-0.39, 0.29) is 18.1 Å². The molecule has 5 heteroatoms. The number of carbonyl (C=O) groups excluding carboxylic acids is 2. The number of nitrogens with one attached hydrogen (secondary N) is 1. The van der Waals surface area contributed by atoms with Gasteiger partial charge in [0.15, 0.2) is 6.61 Å². The number of benzene rings is 2. The minimum absolute atomic E-state index is 0.264. The number of nitrogen functional groups attached to an aromatic ring is 1. The number of para-hydroxylation sites is 1. The van der Waals surface area contributed by atoms with Gasteiger partial charge in [0.05, 0.1) is 5.56 Å². The summed E-state index contributed by atoms with van der Waals surface area (Å²) in [5.41, 5.74) is 7.40. The molecule has 22 heavy (non-hydrogen) atoms. The van der Waals surface area contributed by atoms with Gasteiger partial charge in [-0.25, -0.2) is 4.79 Å². The Hall–Kier alpha value is -2.82. The second-order valence-electron chi connectivity index (χ2n) is 4.75. The van der Waals surface area contributed by atoms with Crippen LogP contribution in [-0.4, -0.2) is 25.0 Å². The summed E-state index contributed by atoms with van der Waals surface area (Å²) in [7, 11) is 0. The topological polar surface area (TPSA) is 81.4 Å². The predicted molar refractivity (Wildman–Crippen MR) is 84.3 cm³/mol. The molecule has 1 amide bonds. The Morgan fingerprint density at radius 2 is 1.68 bits per heavy atom. The van der Waals surface area contributed by atoms with Gasteiger partial charge in [-0.15, -0.1) is 0 Å². The van der Waals surface area contributed by atoms with Crippen LogP contribution in [0.5, 0.6) is 0 Å². The predicted octanol–water partition coefficient (Wildman–Crippen LogP) is 1.78. The zero-order valence-corrected chi connectivity index (χ0v) is 12.1. The SMILES string of the molecule is Nc1ccccc1C(=O)OCC(=O)NCCc1ccccc1. The van der Waals surface area contributed by atoms with Gasteiger partial charge in [-0.05, 0) is 24.1 Å². The molecule has 2 rings (SSSR count). The Morgan fingerprint density at radius 1 is 1.00 bits per heavy atom. The van der Waals surface area contributed by atoms with Crippen LogP contribution in [0.1, 0.15) is 15.9 Å². The Balaban J connectivity index is 1.72. The van der Waals surface area contributed by atoms with Crippen molar-refractivity contribution in [3.8, 4) is 0 Å². The van der Waals surface area contributed by atoms with Crippen LogP contribution in [0.25, 0.3) is 0 Å². The molecular weight excluding hydrogens is 280 g/mol. The Labute approximate surface area is 129 Å².